The van der Waals surface area contributed by atoms with Crippen LogP contribution >= 0.6 is 22.9 Å². The van der Waals surface area contributed by atoms with Gasteiger partial charge in [0.05, 0.1) is 21.2 Å². The Balaban J connectivity index is 1.59. The first kappa shape index (κ1) is 25.5. The summed E-state index contributed by atoms with van der Waals surface area (Å²) >= 11 is 7.11. The van der Waals surface area contributed by atoms with Crippen LogP contribution in [0.4, 0.5) is 18.3 Å². The van der Waals surface area contributed by atoms with Gasteiger partial charge >= 0.3 is 6.18 Å². The third-order valence-corrected chi connectivity index (χ3v) is 7.37. The van der Waals surface area contributed by atoms with E-state index in [0.29, 0.717) is 5.56 Å². The molecular formula is C22H15ClF3N5O3S2. The molecule has 0 aliphatic carbocycles. The van der Waals surface area contributed by atoms with Crippen LogP contribution in [0.2, 0.25) is 5.02 Å². The average Bonchev–Trinajstić information content (AvgIpc) is 3.46. The number of ether oxygens (including phenoxy) is 1. The SMILES string of the molecule is CCn1nc(C(F)(F)F)c(Cl)c1-c1ccc(Oc2ccc(S(=O)(=O)Nc3nccs3)cc2C#N)cc1. The van der Waals surface area contributed by atoms with Gasteiger partial charge in [-0.15, -0.1) is 11.3 Å². The molecule has 0 unspecified atom stereocenters. The number of rotatable bonds is 7. The van der Waals surface area contributed by atoms with Crippen molar-refractivity contribution in [2.24, 2.45) is 0 Å². The summed E-state index contributed by atoms with van der Waals surface area (Å²) in [7, 11) is -3.97. The van der Waals surface area contributed by atoms with Crippen LogP contribution in [0.3, 0.4) is 0 Å². The van der Waals surface area contributed by atoms with Gasteiger partial charge in [0, 0.05) is 23.7 Å². The number of anilines is 1. The van der Waals surface area contributed by atoms with Crippen molar-refractivity contribution in [3.8, 4) is 28.8 Å². The van der Waals surface area contributed by atoms with Gasteiger partial charge in [0.15, 0.2) is 10.8 Å². The molecule has 4 rings (SSSR count). The van der Waals surface area contributed by atoms with Crippen LogP contribution in [0.25, 0.3) is 11.3 Å². The van der Waals surface area contributed by atoms with E-state index in [1.807, 2.05) is 6.07 Å². The maximum Gasteiger partial charge on any atom is 0.436 e. The molecule has 0 saturated carbocycles. The Labute approximate surface area is 212 Å². The Morgan fingerprint density at radius 2 is 1.94 bits per heavy atom. The summed E-state index contributed by atoms with van der Waals surface area (Å²) < 4.78 is 74.0. The van der Waals surface area contributed by atoms with Crippen LogP contribution in [0, 0.1) is 11.3 Å². The molecule has 0 atom stereocenters. The van der Waals surface area contributed by atoms with Crippen molar-refractivity contribution in [2.45, 2.75) is 24.5 Å². The summed E-state index contributed by atoms with van der Waals surface area (Å²) in [6.45, 7) is 1.81. The number of thiazole rings is 1. The van der Waals surface area contributed by atoms with Crippen molar-refractivity contribution >= 4 is 38.1 Å². The number of nitrogens with zero attached hydrogens (tertiary/aromatic N) is 4. The number of hydrogen-bond acceptors (Lipinski definition) is 7. The molecule has 36 heavy (non-hydrogen) atoms. The first-order chi connectivity index (χ1) is 17.0. The Hall–Kier alpha value is -3.60. The molecule has 0 aliphatic heterocycles. The number of nitrogens with one attached hydrogen (secondary N) is 1. The first-order valence-electron chi connectivity index (χ1n) is 10.1. The Morgan fingerprint density at radius 1 is 1.22 bits per heavy atom. The molecule has 0 saturated heterocycles. The first-order valence-corrected chi connectivity index (χ1v) is 12.9. The molecular weight excluding hydrogens is 539 g/mol. The molecule has 2 heterocycles. The van der Waals surface area contributed by atoms with Gasteiger partial charge in [-0.05, 0) is 49.4 Å². The number of sulfonamides is 1. The third kappa shape index (κ3) is 5.15. The van der Waals surface area contributed by atoms with Crippen molar-refractivity contribution in [1.29, 1.82) is 5.26 Å². The van der Waals surface area contributed by atoms with Crippen molar-refractivity contribution in [3.05, 3.63) is 70.3 Å². The minimum Gasteiger partial charge on any atom is -0.456 e. The molecule has 0 spiro atoms. The van der Waals surface area contributed by atoms with Crippen LogP contribution < -0.4 is 9.46 Å². The van der Waals surface area contributed by atoms with Gasteiger partial charge in [-0.2, -0.15) is 23.5 Å². The predicted octanol–water partition coefficient (Wildman–Crippen LogP) is 6.16. The van der Waals surface area contributed by atoms with E-state index < -0.39 is 26.9 Å². The number of hydrogen-bond donors (Lipinski definition) is 1. The van der Waals surface area contributed by atoms with E-state index in [0.717, 1.165) is 22.1 Å². The molecule has 2 aromatic carbocycles. The van der Waals surface area contributed by atoms with E-state index >= 15 is 0 Å². The fraction of sp³-hybridized carbons (Fsp3) is 0.136. The topological polar surface area (TPSA) is 110 Å². The second-order valence-corrected chi connectivity index (χ2v) is 10.1. The summed E-state index contributed by atoms with van der Waals surface area (Å²) in [5, 5.41) is 14.4. The van der Waals surface area contributed by atoms with Gasteiger partial charge in [0.25, 0.3) is 10.0 Å². The number of halogens is 4. The lowest BCUT2D eigenvalue weighted by Gasteiger charge is -2.11. The van der Waals surface area contributed by atoms with Gasteiger partial charge in [-0.25, -0.2) is 13.4 Å². The third-order valence-electron chi connectivity index (χ3n) is 4.85. The van der Waals surface area contributed by atoms with Crippen molar-refractivity contribution in [1.82, 2.24) is 14.8 Å². The highest BCUT2D eigenvalue weighted by atomic mass is 35.5. The smallest absolute Gasteiger partial charge is 0.436 e. The zero-order valence-corrected chi connectivity index (χ0v) is 20.6. The van der Waals surface area contributed by atoms with E-state index in [9.17, 15) is 26.9 Å². The number of alkyl halides is 3. The van der Waals surface area contributed by atoms with E-state index in [-0.39, 0.29) is 39.3 Å². The van der Waals surface area contributed by atoms with Crippen LogP contribution in [0.1, 0.15) is 18.2 Å². The molecule has 0 amide bonds. The number of aromatic nitrogens is 3. The lowest BCUT2D eigenvalue weighted by molar-refractivity contribution is -0.141. The standard InChI is InChI=1S/C22H15ClF3N5O3S2/c1-2-31-19(18(23)20(29-31)22(24,25)26)13-3-5-15(6-4-13)34-17-8-7-16(11-14(17)12-27)36(32,33)30-21-28-9-10-35-21/h3-11H,2H2,1H3,(H,28,30). The monoisotopic (exact) mass is 553 g/mol. The lowest BCUT2D eigenvalue weighted by atomic mass is 10.1. The molecule has 2 aromatic heterocycles. The second-order valence-electron chi connectivity index (χ2n) is 7.16. The van der Waals surface area contributed by atoms with Crippen LogP contribution in [-0.2, 0) is 22.7 Å². The summed E-state index contributed by atoms with van der Waals surface area (Å²) in [5.41, 5.74) is -0.715. The summed E-state index contributed by atoms with van der Waals surface area (Å²) in [6.07, 6.45) is -3.25. The van der Waals surface area contributed by atoms with E-state index in [1.54, 1.807) is 12.3 Å². The number of benzene rings is 2. The molecule has 0 fully saturated rings. The molecule has 1 N–H and O–H groups in total. The quantitative estimate of drug-likeness (QED) is 0.293. The summed E-state index contributed by atoms with van der Waals surface area (Å²) in [5.74, 6) is 0.357. The maximum atomic E-state index is 13.2. The van der Waals surface area contributed by atoms with Crippen LogP contribution in [0.15, 0.2) is 58.9 Å². The highest BCUT2D eigenvalue weighted by Gasteiger charge is 2.39. The van der Waals surface area contributed by atoms with Gasteiger partial charge in [-0.1, -0.05) is 11.6 Å². The fourth-order valence-electron chi connectivity index (χ4n) is 3.23. The Morgan fingerprint density at radius 3 is 2.53 bits per heavy atom. The minimum absolute atomic E-state index is 0.0389. The molecule has 0 bridgehead atoms. The van der Waals surface area contributed by atoms with Crippen LogP contribution in [0.5, 0.6) is 11.5 Å². The van der Waals surface area contributed by atoms with Crippen molar-refractivity contribution in [2.75, 3.05) is 4.72 Å². The molecule has 4 aromatic rings. The Bertz CT molecular complexity index is 1550. The lowest BCUT2D eigenvalue weighted by Crippen LogP contribution is -2.13. The van der Waals surface area contributed by atoms with Gasteiger partial charge in [-0.3, -0.25) is 9.40 Å². The molecule has 186 valence electrons. The van der Waals surface area contributed by atoms with E-state index in [4.69, 9.17) is 16.3 Å². The normalized spacial score (nSPS) is 11.8. The highest BCUT2D eigenvalue weighted by Crippen LogP contribution is 2.40. The molecule has 0 aliphatic rings. The Kier molecular flexibility index (Phi) is 6.94. The highest BCUT2D eigenvalue weighted by molar-refractivity contribution is 7.93. The summed E-state index contributed by atoms with van der Waals surface area (Å²) in [4.78, 5) is 3.72. The summed E-state index contributed by atoms with van der Waals surface area (Å²) in [6, 6.07) is 11.7. The molecule has 0 radical (unpaired) electrons. The second kappa shape index (κ2) is 9.81. The van der Waals surface area contributed by atoms with Gasteiger partial charge in [0.1, 0.15) is 17.6 Å². The van der Waals surface area contributed by atoms with Gasteiger partial charge < -0.3 is 4.74 Å². The zero-order valence-electron chi connectivity index (χ0n) is 18.2. The zero-order chi connectivity index (χ0) is 26.1. The fourth-order valence-corrected chi connectivity index (χ4v) is 5.40. The number of nitriles is 1. The predicted molar refractivity (Wildman–Crippen MR) is 128 cm³/mol. The van der Waals surface area contributed by atoms with Crippen LogP contribution in [-0.4, -0.2) is 23.2 Å². The van der Waals surface area contributed by atoms with E-state index in [1.165, 1.54) is 42.6 Å². The number of aryl methyl sites for hydroxylation is 1. The largest absolute Gasteiger partial charge is 0.456 e. The van der Waals surface area contributed by atoms with E-state index in [2.05, 4.69) is 14.8 Å². The van der Waals surface area contributed by atoms with Crippen molar-refractivity contribution < 1.29 is 26.3 Å². The maximum absolute atomic E-state index is 13.2. The molecule has 8 nitrogen and oxygen atoms in total. The minimum atomic E-state index is -4.70. The molecule has 14 heteroatoms. The van der Waals surface area contributed by atoms with Gasteiger partial charge in [0.2, 0.25) is 0 Å². The average molecular weight is 554 g/mol. The van der Waals surface area contributed by atoms with Crippen molar-refractivity contribution in [3.63, 3.8) is 0 Å².